The zero-order chi connectivity index (χ0) is 14.1. The average Bonchev–Trinajstić information content (AvgIpc) is 3.20. The van der Waals surface area contributed by atoms with Crippen LogP contribution in [0.1, 0.15) is 35.7 Å². The number of nitrogens with one attached hydrogen (secondary N) is 1. The van der Waals surface area contributed by atoms with Gasteiger partial charge in [-0.2, -0.15) is 5.10 Å². The second-order valence-corrected chi connectivity index (χ2v) is 5.42. The molecule has 0 aliphatic heterocycles. The summed E-state index contributed by atoms with van der Waals surface area (Å²) in [5.41, 5.74) is 3.60. The minimum absolute atomic E-state index is 0.145. The van der Waals surface area contributed by atoms with Crippen molar-refractivity contribution in [3.63, 3.8) is 0 Å². The molecule has 1 N–H and O–H groups in total. The van der Waals surface area contributed by atoms with Gasteiger partial charge in [-0.1, -0.05) is 12.1 Å². The number of hydrogen-bond donors (Lipinski definition) is 1. The van der Waals surface area contributed by atoms with Gasteiger partial charge in [0.1, 0.15) is 5.75 Å². The third kappa shape index (κ3) is 2.56. The molecule has 1 aromatic carbocycles. The molecule has 2 aromatic rings. The normalized spacial score (nSPS) is 16.1. The molecule has 106 valence electrons. The van der Waals surface area contributed by atoms with Crippen LogP contribution >= 0.6 is 0 Å². The van der Waals surface area contributed by atoms with E-state index < -0.39 is 0 Å². The summed E-state index contributed by atoms with van der Waals surface area (Å²) in [6.07, 6.45) is 4.73. The van der Waals surface area contributed by atoms with E-state index in [1.54, 1.807) is 0 Å². The molecule has 1 aliphatic rings. The molecule has 0 spiro atoms. The molecule has 1 aliphatic carbocycles. The molecule has 1 heterocycles. The number of rotatable bonds is 5. The lowest BCUT2D eigenvalue weighted by Gasteiger charge is -2.17. The van der Waals surface area contributed by atoms with Gasteiger partial charge in [0, 0.05) is 18.3 Å². The van der Waals surface area contributed by atoms with Gasteiger partial charge in [-0.3, -0.25) is 4.68 Å². The van der Waals surface area contributed by atoms with E-state index in [4.69, 9.17) is 4.74 Å². The predicted molar refractivity (Wildman–Crippen MR) is 78.9 cm³/mol. The number of nitrogens with zero attached hydrogens (tertiary/aromatic N) is 2. The molecule has 0 amide bonds. The molecule has 1 fully saturated rings. The van der Waals surface area contributed by atoms with Crippen molar-refractivity contribution in [3.05, 3.63) is 47.3 Å². The Labute approximate surface area is 119 Å². The lowest BCUT2D eigenvalue weighted by molar-refractivity contribution is 0.302. The Morgan fingerprint density at radius 3 is 2.80 bits per heavy atom. The molecule has 4 nitrogen and oxygen atoms in total. The largest absolute Gasteiger partial charge is 0.490 e. The van der Waals surface area contributed by atoms with Gasteiger partial charge in [-0.15, -0.1) is 0 Å². The van der Waals surface area contributed by atoms with Crippen LogP contribution in [0, 0.1) is 6.92 Å². The van der Waals surface area contributed by atoms with Crippen molar-refractivity contribution in [2.24, 2.45) is 7.05 Å². The summed E-state index contributed by atoms with van der Waals surface area (Å²) >= 11 is 0. The predicted octanol–water partition coefficient (Wildman–Crippen LogP) is 2.58. The summed E-state index contributed by atoms with van der Waals surface area (Å²) in [6, 6.07) is 8.50. The molecule has 1 atom stereocenters. The summed E-state index contributed by atoms with van der Waals surface area (Å²) in [6.45, 7) is 2.09. The fourth-order valence-corrected chi connectivity index (χ4v) is 2.45. The molecule has 1 aromatic heterocycles. The van der Waals surface area contributed by atoms with Gasteiger partial charge in [-0.05, 0) is 44.5 Å². The van der Waals surface area contributed by atoms with Crippen molar-refractivity contribution in [2.75, 3.05) is 7.05 Å². The van der Waals surface area contributed by atoms with Crippen LogP contribution < -0.4 is 10.1 Å². The van der Waals surface area contributed by atoms with E-state index in [2.05, 4.69) is 35.5 Å². The van der Waals surface area contributed by atoms with E-state index in [9.17, 15) is 0 Å². The maximum atomic E-state index is 5.88. The SMILES string of the molecule is CNC(c1cccc(OC2CC2)c1)c1cnn(C)c1C. The number of aromatic nitrogens is 2. The number of aryl methyl sites for hydroxylation is 1. The van der Waals surface area contributed by atoms with Crippen LogP contribution in [0.5, 0.6) is 5.75 Å². The van der Waals surface area contributed by atoms with E-state index in [1.807, 2.05) is 31.0 Å². The Hall–Kier alpha value is -1.81. The molecule has 1 saturated carbocycles. The molecule has 0 radical (unpaired) electrons. The van der Waals surface area contributed by atoms with Crippen LogP contribution in [0.15, 0.2) is 30.5 Å². The van der Waals surface area contributed by atoms with Crippen LogP contribution in [0.25, 0.3) is 0 Å². The van der Waals surface area contributed by atoms with Crippen LogP contribution in [0.3, 0.4) is 0 Å². The number of hydrogen-bond acceptors (Lipinski definition) is 3. The molecule has 1 unspecified atom stereocenters. The third-order valence-electron chi connectivity index (χ3n) is 3.89. The lowest BCUT2D eigenvalue weighted by atomic mass is 9.99. The van der Waals surface area contributed by atoms with Crippen LogP contribution in [0.4, 0.5) is 0 Å². The second kappa shape index (κ2) is 5.29. The molecule has 0 saturated heterocycles. The molecule has 4 heteroatoms. The fourth-order valence-electron chi connectivity index (χ4n) is 2.45. The first-order valence-electron chi connectivity index (χ1n) is 7.11. The summed E-state index contributed by atoms with van der Waals surface area (Å²) < 4.78 is 7.79. The topological polar surface area (TPSA) is 39.1 Å². The summed E-state index contributed by atoms with van der Waals surface area (Å²) in [5, 5.41) is 7.71. The Kier molecular flexibility index (Phi) is 3.49. The first-order chi connectivity index (χ1) is 9.69. The molecular weight excluding hydrogens is 250 g/mol. The summed E-state index contributed by atoms with van der Waals surface area (Å²) in [4.78, 5) is 0. The fraction of sp³-hybridized carbons (Fsp3) is 0.438. The molecule has 0 bridgehead atoms. The lowest BCUT2D eigenvalue weighted by Crippen LogP contribution is -2.18. The third-order valence-corrected chi connectivity index (χ3v) is 3.89. The van der Waals surface area contributed by atoms with Gasteiger partial charge >= 0.3 is 0 Å². The average molecular weight is 271 g/mol. The van der Waals surface area contributed by atoms with Gasteiger partial charge in [-0.25, -0.2) is 0 Å². The minimum Gasteiger partial charge on any atom is -0.490 e. The number of benzene rings is 1. The zero-order valence-corrected chi connectivity index (χ0v) is 12.3. The monoisotopic (exact) mass is 271 g/mol. The maximum Gasteiger partial charge on any atom is 0.120 e. The van der Waals surface area contributed by atoms with E-state index in [0.717, 1.165) is 5.75 Å². The smallest absolute Gasteiger partial charge is 0.120 e. The molecular formula is C16H21N3O. The first kappa shape index (κ1) is 13.2. The highest BCUT2D eigenvalue weighted by atomic mass is 16.5. The van der Waals surface area contributed by atoms with Gasteiger partial charge in [0.2, 0.25) is 0 Å². The summed E-state index contributed by atoms with van der Waals surface area (Å²) in [7, 11) is 3.95. The van der Waals surface area contributed by atoms with E-state index >= 15 is 0 Å². The zero-order valence-electron chi connectivity index (χ0n) is 12.3. The first-order valence-corrected chi connectivity index (χ1v) is 7.11. The van der Waals surface area contributed by atoms with Crippen LogP contribution in [-0.2, 0) is 7.05 Å². The van der Waals surface area contributed by atoms with E-state index in [1.165, 1.54) is 29.7 Å². The van der Waals surface area contributed by atoms with E-state index in [0.29, 0.717) is 6.10 Å². The standard InChI is InChI=1S/C16H21N3O/c1-11-15(10-18-19(11)3)16(17-2)12-5-4-6-14(9-12)20-13-7-8-13/h4-6,9-10,13,16-17H,7-8H2,1-3H3. The Morgan fingerprint density at radius 2 is 2.20 bits per heavy atom. The van der Waals surface area contributed by atoms with Gasteiger partial charge in [0.15, 0.2) is 0 Å². The van der Waals surface area contributed by atoms with Crippen molar-refractivity contribution in [1.29, 1.82) is 0 Å². The highest BCUT2D eigenvalue weighted by Gasteiger charge is 2.24. The van der Waals surface area contributed by atoms with Gasteiger partial charge in [0.25, 0.3) is 0 Å². The molecule has 3 rings (SSSR count). The van der Waals surface area contributed by atoms with Gasteiger partial charge < -0.3 is 10.1 Å². The summed E-state index contributed by atoms with van der Waals surface area (Å²) in [5.74, 6) is 0.965. The van der Waals surface area contributed by atoms with E-state index in [-0.39, 0.29) is 6.04 Å². The quantitative estimate of drug-likeness (QED) is 0.908. The molecule has 20 heavy (non-hydrogen) atoms. The van der Waals surface area contributed by atoms with Crippen molar-refractivity contribution in [1.82, 2.24) is 15.1 Å². The Bertz CT molecular complexity index is 602. The maximum absolute atomic E-state index is 5.88. The van der Waals surface area contributed by atoms with Gasteiger partial charge in [0.05, 0.1) is 18.3 Å². The second-order valence-electron chi connectivity index (χ2n) is 5.42. The van der Waals surface area contributed by atoms with Crippen LogP contribution in [-0.4, -0.2) is 22.9 Å². The Balaban J connectivity index is 1.90. The highest BCUT2D eigenvalue weighted by Crippen LogP contribution is 2.30. The van der Waals surface area contributed by atoms with Crippen molar-refractivity contribution in [3.8, 4) is 5.75 Å². The van der Waals surface area contributed by atoms with Crippen molar-refractivity contribution in [2.45, 2.75) is 31.9 Å². The van der Waals surface area contributed by atoms with Crippen molar-refractivity contribution < 1.29 is 4.74 Å². The minimum atomic E-state index is 0.145. The van der Waals surface area contributed by atoms with Crippen molar-refractivity contribution >= 4 is 0 Å². The highest BCUT2D eigenvalue weighted by molar-refractivity contribution is 5.37. The van der Waals surface area contributed by atoms with Crippen LogP contribution in [0.2, 0.25) is 0 Å². The number of ether oxygens (including phenoxy) is 1. The Morgan fingerprint density at radius 1 is 1.40 bits per heavy atom.